The van der Waals surface area contributed by atoms with Crippen molar-refractivity contribution in [1.82, 2.24) is 9.97 Å². The van der Waals surface area contributed by atoms with Gasteiger partial charge >= 0.3 is 0 Å². The molecule has 4 heteroatoms. The Kier molecular flexibility index (Phi) is 3.83. The van der Waals surface area contributed by atoms with Crippen molar-refractivity contribution in [2.24, 2.45) is 5.73 Å². The number of aromatic nitrogens is 2. The fourth-order valence-corrected chi connectivity index (χ4v) is 2.92. The third-order valence-corrected chi connectivity index (χ3v) is 4.18. The van der Waals surface area contributed by atoms with E-state index in [1.54, 1.807) is 0 Å². The van der Waals surface area contributed by atoms with Crippen LogP contribution in [0.2, 0.25) is 0 Å². The van der Waals surface area contributed by atoms with Gasteiger partial charge in [-0.15, -0.1) is 0 Å². The molecule has 3 N–H and O–H groups in total. The maximum Gasteiger partial charge on any atom is 0.223 e. The van der Waals surface area contributed by atoms with Gasteiger partial charge in [0.2, 0.25) is 5.95 Å². The molecule has 1 fully saturated rings. The minimum Gasteiger partial charge on any atom is -0.351 e. The van der Waals surface area contributed by atoms with Gasteiger partial charge in [0.25, 0.3) is 0 Å². The molecule has 0 amide bonds. The van der Waals surface area contributed by atoms with Crippen LogP contribution in [-0.2, 0) is 6.42 Å². The number of hydrogen-bond acceptors (Lipinski definition) is 4. The molecule has 0 radical (unpaired) electrons. The van der Waals surface area contributed by atoms with Crippen molar-refractivity contribution in [3.63, 3.8) is 0 Å². The van der Waals surface area contributed by atoms with Crippen molar-refractivity contribution in [3.8, 4) is 0 Å². The lowest BCUT2D eigenvalue weighted by Crippen LogP contribution is -2.33. The third kappa shape index (κ3) is 2.75. The fraction of sp³-hybridized carbons (Fsp3) is 0.500. The highest BCUT2D eigenvalue weighted by Gasteiger charge is 2.19. The smallest absolute Gasteiger partial charge is 0.223 e. The van der Waals surface area contributed by atoms with Gasteiger partial charge in [0.1, 0.15) is 0 Å². The first kappa shape index (κ1) is 13.3. The molecule has 0 atom stereocenters. The fourth-order valence-electron chi connectivity index (χ4n) is 2.92. The quantitative estimate of drug-likeness (QED) is 0.900. The number of anilines is 1. The molecule has 1 aliphatic rings. The minimum atomic E-state index is 0.372. The summed E-state index contributed by atoms with van der Waals surface area (Å²) in [6.45, 7) is 2.16. The molecule has 0 aliphatic heterocycles. The highest BCUT2D eigenvalue weighted by Crippen LogP contribution is 2.22. The van der Waals surface area contributed by atoms with Crippen LogP contribution in [0, 0.1) is 0 Å². The molecular formula is C16H22N4. The maximum atomic E-state index is 5.94. The molecule has 1 aromatic heterocycles. The van der Waals surface area contributed by atoms with Crippen LogP contribution >= 0.6 is 0 Å². The summed E-state index contributed by atoms with van der Waals surface area (Å²) in [5.41, 5.74) is 8.29. The number of hydrogen-bond donors (Lipinski definition) is 2. The summed E-state index contributed by atoms with van der Waals surface area (Å²) < 4.78 is 0. The topological polar surface area (TPSA) is 63.8 Å². The van der Waals surface area contributed by atoms with Crippen LogP contribution in [-0.4, -0.2) is 22.1 Å². The number of aryl methyl sites for hydroxylation is 1. The van der Waals surface area contributed by atoms with E-state index in [1.807, 2.05) is 6.20 Å². The van der Waals surface area contributed by atoms with Crippen LogP contribution in [0.1, 0.15) is 38.2 Å². The summed E-state index contributed by atoms with van der Waals surface area (Å²) in [4.78, 5) is 9.15. The predicted octanol–water partition coefficient (Wildman–Crippen LogP) is 2.87. The Bertz CT molecular complexity index is 588. The zero-order chi connectivity index (χ0) is 13.9. The largest absolute Gasteiger partial charge is 0.351 e. The van der Waals surface area contributed by atoms with Crippen LogP contribution in [0.25, 0.3) is 10.9 Å². The molecule has 4 nitrogen and oxygen atoms in total. The zero-order valence-corrected chi connectivity index (χ0v) is 12.0. The number of rotatable bonds is 3. The molecule has 106 valence electrons. The Hall–Kier alpha value is -1.68. The summed E-state index contributed by atoms with van der Waals surface area (Å²) in [5, 5.41) is 4.58. The van der Waals surface area contributed by atoms with Gasteiger partial charge < -0.3 is 11.1 Å². The van der Waals surface area contributed by atoms with Crippen molar-refractivity contribution in [2.45, 2.75) is 51.1 Å². The number of para-hydroxylation sites is 1. The molecular weight excluding hydrogens is 248 g/mol. The lowest BCUT2D eigenvalue weighted by Gasteiger charge is -2.26. The van der Waals surface area contributed by atoms with Crippen LogP contribution in [0.15, 0.2) is 24.4 Å². The van der Waals surface area contributed by atoms with Gasteiger partial charge in [-0.05, 0) is 37.7 Å². The Morgan fingerprint density at radius 3 is 2.80 bits per heavy atom. The van der Waals surface area contributed by atoms with E-state index in [-0.39, 0.29) is 0 Å². The summed E-state index contributed by atoms with van der Waals surface area (Å²) >= 11 is 0. The van der Waals surface area contributed by atoms with Gasteiger partial charge in [-0.3, -0.25) is 0 Å². The first-order chi connectivity index (χ1) is 9.76. The van der Waals surface area contributed by atoms with E-state index >= 15 is 0 Å². The average Bonchev–Trinajstić information content (AvgIpc) is 2.49. The lowest BCUT2D eigenvalue weighted by atomic mass is 9.92. The Balaban J connectivity index is 1.82. The van der Waals surface area contributed by atoms with Crippen LogP contribution < -0.4 is 11.1 Å². The van der Waals surface area contributed by atoms with E-state index in [0.717, 1.165) is 49.0 Å². The molecule has 0 bridgehead atoms. The average molecular weight is 270 g/mol. The van der Waals surface area contributed by atoms with Gasteiger partial charge in [0.15, 0.2) is 0 Å². The van der Waals surface area contributed by atoms with E-state index in [2.05, 4.69) is 35.4 Å². The summed E-state index contributed by atoms with van der Waals surface area (Å²) in [7, 11) is 0. The monoisotopic (exact) mass is 270 g/mol. The van der Waals surface area contributed by atoms with Crippen LogP contribution in [0.3, 0.4) is 0 Å². The van der Waals surface area contributed by atoms with Gasteiger partial charge in [0, 0.05) is 23.7 Å². The molecule has 0 saturated heterocycles. The number of nitrogens with two attached hydrogens (primary N) is 1. The summed E-state index contributed by atoms with van der Waals surface area (Å²) in [6.07, 6.45) is 7.30. The molecule has 2 aromatic rings. The number of nitrogens with zero attached hydrogens (tertiary/aromatic N) is 2. The SMILES string of the molecule is CCc1cccc2cnc(NC3CCC(N)CC3)nc12. The van der Waals surface area contributed by atoms with Crippen LogP contribution in [0.5, 0.6) is 0 Å². The molecule has 0 spiro atoms. The van der Waals surface area contributed by atoms with Gasteiger partial charge in [-0.2, -0.15) is 0 Å². The van der Waals surface area contributed by atoms with Gasteiger partial charge in [-0.25, -0.2) is 9.97 Å². The van der Waals surface area contributed by atoms with Crippen LogP contribution in [0.4, 0.5) is 5.95 Å². The normalized spacial score (nSPS) is 22.9. The zero-order valence-electron chi connectivity index (χ0n) is 12.0. The highest BCUT2D eigenvalue weighted by molar-refractivity contribution is 5.81. The highest BCUT2D eigenvalue weighted by atomic mass is 15.1. The van der Waals surface area contributed by atoms with Crippen molar-refractivity contribution in [1.29, 1.82) is 0 Å². The van der Waals surface area contributed by atoms with Crippen molar-refractivity contribution >= 4 is 16.9 Å². The summed E-state index contributed by atoms with van der Waals surface area (Å²) in [5.74, 6) is 0.749. The van der Waals surface area contributed by atoms with E-state index in [4.69, 9.17) is 10.7 Å². The standard InChI is InChI=1S/C16H22N4/c1-2-11-4-3-5-12-10-18-16(20-15(11)12)19-14-8-6-13(17)7-9-14/h3-5,10,13-14H,2,6-9,17H2,1H3,(H,18,19,20). The molecule has 0 unspecified atom stereocenters. The Labute approximate surface area is 119 Å². The molecule has 1 saturated carbocycles. The number of benzene rings is 1. The minimum absolute atomic E-state index is 0.372. The van der Waals surface area contributed by atoms with E-state index in [0.29, 0.717) is 12.1 Å². The predicted molar refractivity (Wildman–Crippen MR) is 82.8 cm³/mol. The van der Waals surface area contributed by atoms with E-state index < -0.39 is 0 Å². The van der Waals surface area contributed by atoms with Gasteiger partial charge in [-0.1, -0.05) is 25.1 Å². The second kappa shape index (κ2) is 5.75. The molecule has 20 heavy (non-hydrogen) atoms. The first-order valence-corrected chi connectivity index (χ1v) is 7.53. The Morgan fingerprint density at radius 2 is 2.05 bits per heavy atom. The van der Waals surface area contributed by atoms with E-state index in [1.165, 1.54) is 5.56 Å². The first-order valence-electron chi connectivity index (χ1n) is 7.53. The second-order valence-electron chi connectivity index (χ2n) is 5.66. The van der Waals surface area contributed by atoms with Crippen molar-refractivity contribution < 1.29 is 0 Å². The number of nitrogens with one attached hydrogen (secondary N) is 1. The van der Waals surface area contributed by atoms with Gasteiger partial charge in [0.05, 0.1) is 5.52 Å². The third-order valence-electron chi connectivity index (χ3n) is 4.18. The summed E-state index contributed by atoms with van der Waals surface area (Å²) in [6, 6.07) is 7.11. The second-order valence-corrected chi connectivity index (χ2v) is 5.66. The lowest BCUT2D eigenvalue weighted by molar-refractivity contribution is 0.410. The molecule has 1 aliphatic carbocycles. The van der Waals surface area contributed by atoms with E-state index in [9.17, 15) is 0 Å². The molecule has 3 rings (SSSR count). The van der Waals surface area contributed by atoms with Crippen molar-refractivity contribution in [2.75, 3.05) is 5.32 Å². The number of fused-ring (bicyclic) bond motifs is 1. The molecule has 1 heterocycles. The Morgan fingerprint density at radius 1 is 1.25 bits per heavy atom. The maximum absolute atomic E-state index is 5.94. The molecule has 1 aromatic carbocycles. The van der Waals surface area contributed by atoms with Crippen molar-refractivity contribution in [3.05, 3.63) is 30.0 Å².